The van der Waals surface area contributed by atoms with Crippen LogP contribution in [0.1, 0.15) is 60.3 Å². The predicted molar refractivity (Wildman–Crippen MR) is 80.7 cm³/mol. The molecule has 1 aliphatic carbocycles. The SMILES string of the molecule is CCC(C)[C@H](N)C(=O)NC1CC(C)CCC1C(C)C. The third-order valence-corrected chi connectivity index (χ3v) is 4.91. The molecule has 0 aliphatic heterocycles. The Morgan fingerprint density at radius 1 is 1.32 bits per heavy atom. The van der Waals surface area contributed by atoms with Crippen molar-refractivity contribution in [1.82, 2.24) is 5.32 Å². The van der Waals surface area contributed by atoms with Crippen molar-refractivity contribution in [2.45, 2.75) is 72.4 Å². The lowest BCUT2D eigenvalue weighted by atomic mass is 9.74. The second-order valence-electron chi connectivity index (χ2n) is 6.85. The van der Waals surface area contributed by atoms with Gasteiger partial charge in [-0.2, -0.15) is 0 Å². The number of nitrogens with one attached hydrogen (secondary N) is 1. The van der Waals surface area contributed by atoms with E-state index in [-0.39, 0.29) is 17.9 Å². The lowest BCUT2D eigenvalue weighted by molar-refractivity contribution is -0.125. The molecular formula is C16H32N2O. The Morgan fingerprint density at radius 3 is 2.47 bits per heavy atom. The Bertz CT molecular complexity index is 290. The highest BCUT2D eigenvalue weighted by atomic mass is 16.2. The van der Waals surface area contributed by atoms with E-state index in [2.05, 4.69) is 33.0 Å². The average molecular weight is 268 g/mol. The molecule has 0 heterocycles. The summed E-state index contributed by atoms with van der Waals surface area (Å²) < 4.78 is 0. The summed E-state index contributed by atoms with van der Waals surface area (Å²) in [4.78, 5) is 12.3. The summed E-state index contributed by atoms with van der Waals surface area (Å²) in [5.74, 6) is 2.22. The molecular weight excluding hydrogens is 236 g/mol. The molecule has 1 saturated carbocycles. The quantitative estimate of drug-likeness (QED) is 0.805. The van der Waals surface area contributed by atoms with Gasteiger partial charge in [-0.1, -0.05) is 47.5 Å². The fourth-order valence-corrected chi connectivity index (χ4v) is 3.16. The van der Waals surface area contributed by atoms with Crippen molar-refractivity contribution in [3.63, 3.8) is 0 Å². The van der Waals surface area contributed by atoms with E-state index in [0.29, 0.717) is 23.8 Å². The van der Waals surface area contributed by atoms with Crippen molar-refractivity contribution < 1.29 is 4.79 Å². The maximum absolute atomic E-state index is 12.3. The van der Waals surface area contributed by atoms with E-state index >= 15 is 0 Å². The van der Waals surface area contributed by atoms with Gasteiger partial charge < -0.3 is 11.1 Å². The van der Waals surface area contributed by atoms with E-state index in [9.17, 15) is 4.79 Å². The van der Waals surface area contributed by atoms with Crippen LogP contribution >= 0.6 is 0 Å². The highest BCUT2D eigenvalue weighted by Gasteiger charge is 2.33. The highest BCUT2D eigenvalue weighted by molar-refractivity contribution is 5.82. The summed E-state index contributed by atoms with van der Waals surface area (Å²) in [6.07, 6.45) is 4.56. The Balaban J connectivity index is 2.63. The van der Waals surface area contributed by atoms with Gasteiger partial charge in [0.2, 0.25) is 5.91 Å². The normalized spacial score (nSPS) is 31.0. The van der Waals surface area contributed by atoms with Crippen molar-refractivity contribution in [2.24, 2.45) is 29.4 Å². The largest absolute Gasteiger partial charge is 0.352 e. The van der Waals surface area contributed by atoms with Crippen LogP contribution in [-0.4, -0.2) is 18.0 Å². The second kappa shape index (κ2) is 7.28. The first-order chi connectivity index (χ1) is 8.86. The topological polar surface area (TPSA) is 55.1 Å². The number of nitrogens with two attached hydrogens (primary N) is 1. The van der Waals surface area contributed by atoms with Crippen LogP contribution in [0, 0.1) is 23.7 Å². The molecule has 0 aromatic carbocycles. The number of rotatable bonds is 5. The first kappa shape index (κ1) is 16.5. The summed E-state index contributed by atoms with van der Waals surface area (Å²) in [6.45, 7) is 10.9. The lowest BCUT2D eigenvalue weighted by Gasteiger charge is -2.38. The minimum Gasteiger partial charge on any atom is -0.352 e. The van der Waals surface area contributed by atoms with Gasteiger partial charge in [0.05, 0.1) is 6.04 Å². The number of carbonyl (C=O) groups excluding carboxylic acids is 1. The fraction of sp³-hybridized carbons (Fsp3) is 0.938. The second-order valence-corrected chi connectivity index (χ2v) is 6.85. The van der Waals surface area contributed by atoms with Crippen molar-refractivity contribution in [3.05, 3.63) is 0 Å². The summed E-state index contributed by atoms with van der Waals surface area (Å²) in [5, 5.41) is 3.23. The monoisotopic (exact) mass is 268 g/mol. The van der Waals surface area contributed by atoms with Crippen molar-refractivity contribution in [3.8, 4) is 0 Å². The van der Waals surface area contributed by atoms with E-state index < -0.39 is 0 Å². The van der Waals surface area contributed by atoms with Crippen LogP contribution in [0.15, 0.2) is 0 Å². The first-order valence-corrected chi connectivity index (χ1v) is 7.92. The van der Waals surface area contributed by atoms with Crippen LogP contribution in [0.25, 0.3) is 0 Å². The molecule has 0 bridgehead atoms. The fourth-order valence-electron chi connectivity index (χ4n) is 3.16. The zero-order valence-electron chi connectivity index (χ0n) is 13.3. The number of amides is 1. The molecule has 0 radical (unpaired) electrons. The maximum Gasteiger partial charge on any atom is 0.237 e. The van der Waals surface area contributed by atoms with Gasteiger partial charge in [0, 0.05) is 6.04 Å². The molecule has 0 saturated heterocycles. The molecule has 3 heteroatoms. The van der Waals surface area contributed by atoms with E-state index in [1.807, 2.05) is 6.92 Å². The summed E-state index contributed by atoms with van der Waals surface area (Å²) >= 11 is 0. The number of hydrogen-bond acceptors (Lipinski definition) is 2. The van der Waals surface area contributed by atoms with Gasteiger partial charge >= 0.3 is 0 Å². The Morgan fingerprint density at radius 2 is 1.95 bits per heavy atom. The van der Waals surface area contributed by atoms with E-state index in [4.69, 9.17) is 5.73 Å². The van der Waals surface area contributed by atoms with Crippen LogP contribution in [-0.2, 0) is 4.79 Å². The first-order valence-electron chi connectivity index (χ1n) is 7.92. The maximum atomic E-state index is 12.3. The molecule has 1 aliphatic rings. The summed E-state index contributed by atoms with van der Waals surface area (Å²) in [5.41, 5.74) is 6.03. The van der Waals surface area contributed by atoms with Crippen LogP contribution < -0.4 is 11.1 Å². The number of hydrogen-bond donors (Lipinski definition) is 2. The van der Waals surface area contributed by atoms with Crippen molar-refractivity contribution in [2.75, 3.05) is 0 Å². The van der Waals surface area contributed by atoms with Gasteiger partial charge in [0.25, 0.3) is 0 Å². The predicted octanol–water partition coefficient (Wildman–Crippen LogP) is 2.94. The Hall–Kier alpha value is -0.570. The molecule has 19 heavy (non-hydrogen) atoms. The van der Waals surface area contributed by atoms with Gasteiger partial charge in [-0.25, -0.2) is 0 Å². The summed E-state index contributed by atoms with van der Waals surface area (Å²) in [6, 6.07) is -0.0543. The molecule has 1 fully saturated rings. The van der Waals surface area contributed by atoms with E-state index in [1.165, 1.54) is 12.8 Å². The van der Waals surface area contributed by atoms with Crippen LogP contribution in [0.5, 0.6) is 0 Å². The zero-order valence-corrected chi connectivity index (χ0v) is 13.3. The Labute approximate surface area is 118 Å². The third-order valence-electron chi connectivity index (χ3n) is 4.91. The van der Waals surface area contributed by atoms with Crippen LogP contribution in [0.4, 0.5) is 0 Å². The summed E-state index contributed by atoms with van der Waals surface area (Å²) in [7, 11) is 0. The van der Waals surface area contributed by atoms with Gasteiger partial charge in [-0.15, -0.1) is 0 Å². The van der Waals surface area contributed by atoms with Crippen LogP contribution in [0.2, 0.25) is 0 Å². The van der Waals surface area contributed by atoms with Gasteiger partial charge in [-0.3, -0.25) is 4.79 Å². The standard InChI is InChI=1S/C16H32N2O/c1-6-12(5)15(17)16(19)18-14-9-11(4)7-8-13(14)10(2)3/h10-15H,6-9,17H2,1-5H3,(H,18,19)/t11?,12?,13?,14?,15-/m0/s1. The smallest absolute Gasteiger partial charge is 0.237 e. The number of carbonyl (C=O) groups is 1. The lowest BCUT2D eigenvalue weighted by Crippen LogP contribution is -2.52. The minimum atomic E-state index is -0.366. The molecule has 5 atom stereocenters. The molecule has 0 spiro atoms. The molecule has 3 nitrogen and oxygen atoms in total. The Kier molecular flexibility index (Phi) is 6.31. The molecule has 4 unspecified atom stereocenters. The molecule has 0 aromatic heterocycles. The molecule has 1 rings (SSSR count). The van der Waals surface area contributed by atoms with Crippen molar-refractivity contribution >= 4 is 5.91 Å². The van der Waals surface area contributed by atoms with Gasteiger partial charge in [-0.05, 0) is 36.5 Å². The van der Waals surface area contributed by atoms with E-state index in [1.54, 1.807) is 0 Å². The molecule has 3 N–H and O–H groups in total. The zero-order chi connectivity index (χ0) is 14.6. The van der Waals surface area contributed by atoms with Gasteiger partial charge in [0.1, 0.15) is 0 Å². The van der Waals surface area contributed by atoms with Crippen molar-refractivity contribution in [1.29, 1.82) is 0 Å². The molecule has 0 aromatic rings. The minimum absolute atomic E-state index is 0.0408. The average Bonchev–Trinajstić information content (AvgIpc) is 2.36. The third kappa shape index (κ3) is 4.48. The van der Waals surface area contributed by atoms with E-state index in [0.717, 1.165) is 12.8 Å². The molecule has 1 amide bonds. The van der Waals surface area contributed by atoms with Crippen LogP contribution in [0.3, 0.4) is 0 Å². The van der Waals surface area contributed by atoms with Gasteiger partial charge in [0.15, 0.2) is 0 Å². The highest BCUT2D eigenvalue weighted by Crippen LogP contribution is 2.33. The molecule has 112 valence electrons.